The van der Waals surface area contributed by atoms with Gasteiger partial charge in [-0.2, -0.15) is 0 Å². The maximum Gasteiger partial charge on any atom is 0.318 e. The summed E-state index contributed by atoms with van der Waals surface area (Å²) in [6, 6.07) is 15.2. The molecule has 1 aromatic heterocycles. The zero-order chi connectivity index (χ0) is 21.7. The van der Waals surface area contributed by atoms with Gasteiger partial charge in [0.1, 0.15) is 5.82 Å². The molecule has 7 heteroatoms. The minimum atomic E-state index is -0.166. The van der Waals surface area contributed by atoms with E-state index in [-0.39, 0.29) is 18.0 Å². The lowest BCUT2D eigenvalue weighted by Gasteiger charge is -2.22. The highest BCUT2D eigenvalue weighted by molar-refractivity contribution is 5.90. The molecule has 0 aliphatic rings. The molecule has 2 N–H and O–H groups in total. The number of para-hydroxylation sites is 2. The number of hydrogen-bond donors (Lipinski definition) is 2. The summed E-state index contributed by atoms with van der Waals surface area (Å²) in [6.45, 7) is 7.04. The molecular weight excluding hydrogens is 378 g/mol. The lowest BCUT2D eigenvalue weighted by molar-refractivity contribution is -0.115. The maximum atomic E-state index is 12.7. The van der Waals surface area contributed by atoms with E-state index >= 15 is 0 Å². The Morgan fingerprint density at radius 2 is 1.80 bits per heavy atom. The molecule has 0 saturated carbocycles. The molecule has 0 saturated heterocycles. The van der Waals surface area contributed by atoms with Crippen LogP contribution in [-0.4, -0.2) is 33.4 Å². The molecule has 2 aromatic carbocycles. The number of nitrogens with zero attached hydrogens (tertiary/aromatic N) is 3. The van der Waals surface area contributed by atoms with Crippen LogP contribution in [0, 0.1) is 0 Å². The quantitative estimate of drug-likeness (QED) is 0.613. The number of anilines is 1. The molecule has 0 spiro atoms. The fraction of sp³-hybridized carbons (Fsp3) is 0.348. The molecule has 3 aromatic rings. The zero-order valence-electron chi connectivity index (χ0n) is 18.0. The van der Waals surface area contributed by atoms with E-state index in [1.54, 1.807) is 11.9 Å². The highest BCUT2D eigenvalue weighted by atomic mass is 16.2. The molecule has 1 atom stereocenters. The molecule has 0 aliphatic carbocycles. The van der Waals surface area contributed by atoms with Gasteiger partial charge in [0.15, 0.2) is 0 Å². The van der Waals surface area contributed by atoms with Gasteiger partial charge in [0.05, 0.1) is 23.6 Å². The summed E-state index contributed by atoms with van der Waals surface area (Å²) in [5, 5.41) is 5.84. The van der Waals surface area contributed by atoms with Crippen molar-refractivity contribution in [1.82, 2.24) is 19.8 Å². The van der Waals surface area contributed by atoms with E-state index in [4.69, 9.17) is 4.98 Å². The standard InChI is InChI=1S/C23H29N5O2/c1-5-22(29)25-18-13-11-17(12-14-18)16(3)24-23(30)27(4)15-21-26-19-9-7-8-10-20(19)28(21)6-2/h7-14,16H,5-6,15H2,1-4H3,(H,24,30)(H,25,29). The predicted molar refractivity (Wildman–Crippen MR) is 119 cm³/mol. The van der Waals surface area contributed by atoms with Gasteiger partial charge in [-0.05, 0) is 43.7 Å². The van der Waals surface area contributed by atoms with Crippen molar-refractivity contribution in [3.8, 4) is 0 Å². The number of aryl methyl sites for hydroxylation is 1. The summed E-state index contributed by atoms with van der Waals surface area (Å²) in [4.78, 5) is 30.5. The van der Waals surface area contributed by atoms with Crippen LogP contribution in [0.15, 0.2) is 48.5 Å². The normalized spacial score (nSPS) is 11.9. The lowest BCUT2D eigenvalue weighted by Crippen LogP contribution is -2.38. The van der Waals surface area contributed by atoms with Crippen molar-refractivity contribution in [2.24, 2.45) is 0 Å². The average molecular weight is 408 g/mol. The lowest BCUT2D eigenvalue weighted by atomic mass is 10.1. The van der Waals surface area contributed by atoms with E-state index in [2.05, 4.69) is 22.1 Å². The van der Waals surface area contributed by atoms with Crippen molar-refractivity contribution in [2.75, 3.05) is 12.4 Å². The van der Waals surface area contributed by atoms with E-state index < -0.39 is 0 Å². The maximum absolute atomic E-state index is 12.7. The van der Waals surface area contributed by atoms with Crippen molar-refractivity contribution in [3.63, 3.8) is 0 Å². The molecule has 0 radical (unpaired) electrons. The smallest absolute Gasteiger partial charge is 0.318 e. The fourth-order valence-electron chi connectivity index (χ4n) is 3.37. The number of fused-ring (bicyclic) bond motifs is 1. The van der Waals surface area contributed by atoms with Crippen LogP contribution in [0.3, 0.4) is 0 Å². The van der Waals surface area contributed by atoms with Crippen LogP contribution in [0.5, 0.6) is 0 Å². The fourth-order valence-corrected chi connectivity index (χ4v) is 3.37. The van der Waals surface area contributed by atoms with Crippen molar-refractivity contribution < 1.29 is 9.59 Å². The van der Waals surface area contributed by atoms with E-state index in [0.717, 1.165) is 34.7 Å². The minimum Gasteiger partial charge on any atom is -0.331 e. The molecule has 3 amide bonds. The Morgan fingerprint density at radius 1 is 1.10 bits per heavy atom. The topological polar surface area (TPSA) is 79.3 Å². The Labute approximate surface area is 177 Å². The van der Waals surface area contributed by atoms with Crippen LogP contribution in [0.1, 0.15) is 44.6 Å². The zero-order valence-corrected chi connectivity index (χ0v) is 18.0. The number of urea groups is 1. The molecule has 0 fully saturated rings. The van der Waals surface area contributed by atoms with Gasteiger partial charge < -0.3 is 20.1 Å². The van der Waals surface area contributed by atoms with Crippen molar-refractivity contribution >= 4 is 28.7 Å². The van der Waals surface area contributed by atoms with Crippen LogP contribution < -0.4 is 10.6 Å². The molecular formula is C23H29N5O2. The van der Waals surface area contributed by atoms with Crippen LogP contribution in [-0.2, 0) is 17.9 Å². The monoisotopic (exact) mass is 407 g/mol. The Balaban J connectivity index is 1.63. The summed E-state index contributed by atoms with van der Waals surface area (Å²) >= 11 is 0. The minimum absolute atomic E-state index is 0.0242. The predicted octanol–water partition coefficient (Wildman–Crippen LogP) is 4.31. The first-order chi connectivity index (χ1) is 14.4. The Hall–Kier alpha value is -3.35. The Morgan fingerprint density at radius 3 is 2.47 bits per heavy atom. The SMILES string of the molecule is CCC(=O)Nc1ccc(C(C)NC(=O)N(C)Cc2nc3ccccc3n2CC)cc1. The number of hydrogen-bond acceptors (Lipinski definition) is 3. The van der Waals surface area contributed by atoms with E-state index in [9.17, 15) is 9.59 Å². The van der Waals surface area contributed by atoms with E-state index in [0.29, 0.717) is 13.0 Å². The molecule has 7 nitrogen and oxygen atoms in total. The van der Waals surface area contributed by atoms with Gasteiger partial charge in [0, 0.05) is 25.7 Å². The number of imidazole rings is 1. The number of amides is 3. The summed E-state index contributed by atoms with van der Waals surface area (Å²) < 4.78 is 2.13. The molecule has 0 aliphatic heterocycles. The molecule has 3 rings (SSSR count). The third-order valence-electron chi connectivity index (χ3n) is 5.13. The summed E-state index contributed by atoms with van der Waals surface area (Å²) in [5.74, 6) is 0.837. The van der Waals surface area contributed by atoms with Gasteiger partial charge in [-0.15, -0.1) is 0 Å². The number of rotatable bonds is 7. The third-order valence-corrected chi connectivity index (χ3v) is 5.13. The molecule has 0 bridgehead atoms. The molecule has 1 unspecified atom stereocenters. The molecule has 158 valence electrons. The number of carbonyl (C=O) groups is 2. The Kier molecular flexibility index (Phi) is 6.72. The highest BCUT2D eigenvalue weighted by Gasteiger charge is 2.17. The number of aromatic nitrogens is 2. The average Bonchev–Trinajstić information content (AvgIpc) is 3.10. The van der Waals surface area contributed by atoms with Gasteiger partial charge in [-0.25, -0.2) is 9.78 Å². The Bertz CT molecular complexity index is 1030. The van der Waals surface area contributed by atoms with Crippen LogP contribution in [0.4, 0.5) is 10.5 Å². The first kappa shape index (κ1) is 21.4. The van der Waals surface area contributed by atoms with Gasteiger partial charge in [-0.3, -0.25) is 4.79 Å². The second kappa shape index (κ2) is 9.43. The second-order valence-electron chi connectivity index (χ2n) is 7.31. The summed E-state index contributed by atoms with van der Waals surface area (Å²) in [7, 11) is 1.77. The summed E-state index contributed by atoms with van der Waals surface area (Å²) in [6.07, 6.45) is 0.437. The van der Waals surface area contributed by atoms with Gasteiger partial charge in [-0.1, -0.05) is 31.2 Å². The molecule has 1 heterocycles. The summed E-state index contributed by atoms with van der Waals surface area (Å²) in [5.41, 5.74) is 3.73. The van der Waals surface area contributed by atoms with Crippen LogP contribution >= 0.6 is 0 Å². The molecule has 30 heavy (non-hydrogen) atoms. The van der Waals surface area contributed by atoms with E-state index in [1.807, 2.05) is 62.4 Å². The highest BCUT2D eigenvalue weighted by Crippen LogP contribution is 2.19. The van der Waals surface area contributed by atoms with E-state index in [1.165, 1.54) is 0 Å². The number of carbonyl (C=O) groups excluding carboxylic acids is 2. The third kappa shape index (κ3) is 4.79. The van der Waals surface area contributed by atoms with Gasteiger partial charge >= 0.3 is 6.03 Å². The van der Waals surface area contributed by atoms with Gasteiger partial charge in [0.2, 0.25) is 5.91 Å². The van der Waals surface area contributed by atoms with Crippen LogP contribution in [0.25, 0.3) is 11.0 Å². The first-order valence-corrected chi connectivity index (χ1v) is 10.3. The number of benzene rings is 2. The van der Waals surface area contributed by atoms with Crippen molar-refractivity contribution in [1.29, 1.82) is 0 Å². The van der Waals surface area contributed by atoms with Gasteiger partial charge in [0.25, 0.3) is 0 Å². The largest absolute Gasteiger partial charge is 0.331 e. The van der Waals surface area contributed by atoms with Crippen molar-refractivity contribution in [3.05, 3.63) is 59.9 Å². The van der Waals surface area contributed by atoms with Crippen molar-refractivity contribution in [2.45, 2.75) is 46.3 Å². The second-order valence-corrected chi connectivity index (χ2v) is 7.31. The number of nitrogens with one attached hydrogen (secondary N) is 2. The van der Waals surface area contributed by atoms with Crippen LogP contribution in [0.2, 0.25) is 0 Å². The first-order valence-electron chi connectivity index (χ1n) is 10.3.